The Bertz CT molecular complexity index is 499. The molecule has 1 saturated heterocycles. The van der Waals surface area contributed by atoms with E-state index >= 15 is 0 Å². The maximum Gasteiger partial charge on any atom is 0.246 e. The zero-order valence-electron chi connectivity index (χ0n) is 10.1. The quantitative estimate of drug-likeness (QED) is 0.845. The van der Waals surface area contributed by atoms with Gasteiger partial charge in [-0.15, -0.1) is 11.6 Å². The number of rotatable bonds is 5. The second-order valence-electron chi connectivity index (χ2n) is 4.51. The molecule has 0 atom stereocenters. The van der Waals surface area contributed by atoms with Gasteiger partial charge in [0.1, 0.15) is 5.21 Å². The lowest BCUT2D eigenvalue weighted by Crippen LogP contribution is -2.18. The van der Waals surface area contributed by atoms with Crippen LogP contribution in [0.2, 0.25) is 0 Å². The Morgan fingerprint density at radius 3 is 2.67 bits per heavy atom. The van der Waals surface area contributed by atoms with E-state index in [-0.39, 0.29) is 0 Å². The molecule has 0 amide bonds. The molecule has 0 aliphatic carbocycles. The SMILES string of the molecule is O=S(=O)(CCl)Nc1cccc(CN2CCCC2)c1. The van der Waals surface area contributed by atoms with E-state index < -0.39 is 15.2 Å². The van der Waals surface area contributed by atoms with Gasteiger partial charge in [0.2, 0.25) is 10.0 Å². The van der Waals surface area contributed by atoms with E-state index in [0.717, 1.165) is 25.2 Å². The third-order valence-corrected chi connectivity index (χ3v) is 4.64. The lowest BCUT2D eigenvalue weighted by molar-refractivity contribution is 0.331. The van der Waals surface area contributed by atoms with Crippen molar-refractivity contribution in [1.29, 1.82) is 0 Å². The maximum atomic E-state index is 11.4. The summed E-state index contributed by atoms with van der Waals surface area (Å²) < 4.78 is 25.2. The van der Waals surface area contributed by atoms with Crippen molar-refractivity contribution in [2.45, 2.75) is 19.4 Å². The van der Waals surface area contributed by atoms with Gasteiger partial charge in [0.25, 0.3) is 0 Å². The van der Waals surface area contributed by atoms with Crippen molar-refractivity contribution >= 4 is 27.3 Å². The predicted molar refractivity (Wildman–Crippen MR) is 74.2 cm³/mol. The third-order valence-electron chi connectivity index (χ3n) is 2.95. The molecule has 0 radical (unpaired) electrons. The predicted octanol–water partition coefficient (Wildman–Crippen LogP) is 2.22. The number of hydrogen-bond acceptors (Lipinski definition) is 3. The molecule has 1 aromatic carbocycles. The second kappa shape index (κ2) is 5.91. The minimum Gasteiger partial charge on any atom is -0.299 e. The van der Waals surface area contributed by atoms with Gasteiger partial charge >= 0.3 is 0 Å². The first kappa shape index (κ1) is 13.6. The van der Waals surface area contributed by atoms with E-state index in [1.54, 1.807) is 6.07 Å². The summed E-state index contributed by atoms with van der Waals surface area (Å²) >= 11 is 5.36. The highest BCUT2D eigenvalue weighted by atomic mass is 35.5. The fourth-order valence-electron chi connectivity index (χ4n) is 2.14. The number of likely N-dealkylation sites (tertiary alicyclic amines) is 1. The number of anilines is 1. The number of halogens is 1. The highest BCUT2D eigenvalue weighted by Gasteiger charge is 2.12. The summed E-state index contributed by atoms with van der Waals surface area (Å²) in [6.07, 6.45) is 2.50. The Balaban J connectivity index is 2.05. The van der Waals surface area contributed by atoms with E-state index in [1.165, 1.54) is 12.8 Å². The highest BCUT2D eigenvalue weighted by molar-refractivity contribution is 7.93. The average Bonchev–Trinajstić information content (AvgIpc) is 2.82. The number of benzene rings is 1. The molecule has 1 aromatic rings. The lowest BCUT2D eigenvalue weighted by Gasteiger charge is -2.15. The van der Waals surface area contributed by atoms with Crippen LogP contribution in [0.3, 0.4) is 0 Å². The first-order chi connectivity index (χ1) is 8.59. The van der Waals surface area contributed by atoms with Gasteiger partial charge in [-0.25, -0.2) is 8.42 Å². The van der Waals surface area contributed by atoms with Crippen LogP contribution in [0, 0.1) is 0 Å². The lowest BCUT2D eigenvalue weighted by atomic mass is 10.2. The van der Waals surface area contributed by atoms with Crippen molar-refractivity contribution in [3.8, 4) is 0 Å². The van der Waals surface area contributed by atoms with Crippen LogP contribution in [0.15, 0.2) is 24.3 Å². The first-order valence-electron chi connectivity index (χ1n) is 5.97. The molecule has 0 spiro atoms. The van der Waals surface area contributed by atoms with Crippen molar-refractivity contribution in [1.82, 2.24) is 4.90 Å². The third kappa shape index (κ3) is 3.86. The fraction of sp³-hybridized carbons (Fsp3) is 0.500. The molecule has 0 bridgehead atoms. The Morgan fingerprint density at radius 2 is 2.00 bits per heavy atom. The van der Waals surface area contributed by atoms with Crippen LogP contribution in [-0.4, -0.2) is 31.6 Å². The molecular weight excluding hydrogens is 272 g/mol. The van der Waals surface area contributed by atoms with Crippen molar-refractivity contribution in [2.24, 2.45) is 0 Å². The molecule has 1 aliphatic heterocycles. The van der Waals surface area contributed by atoms with Crippen LogP contribution in [0.25, 0.3) is 0 Å². The van der Waals surface area contributed by atoms with Gasteiger partial charge in [-0.1, -0.05) is 12.1 Å². The van der Waals surface area contributed by atoms with E-state index in [0.29, 0.717) is 5.69 Å². The van der Waals surface area contributed by atoms with Crippen LogP contribution in [0.5, 0.6) is 0 Å². The average molecular weight is 289 g/mol. The van der Waals surface area contributed by atoms with Gasteiger partial charge in [-0.3, -0.25) is 9.62 Å². The molecule has 1 N–H and O–H groups in total. The van der Waals surface area contributed by atoms with Crippen LogP contribution in [0.1, 0.15) is 18.4 Å². The van der Waals surface area contributed by atoms with Gasteiger partial charge < -0.3 is 0 Å². The molecule has 0 unspecified atom stereocenters. The minimum atomic E-state index is -3.41. The summed E-state index contributed by atoms with van der Waals surface area (Å²) in [4.78, 5) is 2.37. The summed E-state index contributed by atoms with van der Waals surface area (Å²) in [6.45, 7) is 3.12. The number of sulfonamides is 1. The topological polar surface area (TPSA) is 49.4 Å². The molecule has 0 aromatic heterocycles. The summed E-state index contributed by atoms with van der Waals surface area (Å²) in [6, 6.07) is 7.47. The normalized spacial score (nSPS) is 16.9. The van der Waals surface area contributed by atoms with Gasteiger partial charge in [-0.2, -0.15) is 0 Å². The number of nitrogens with zero attached hydrogens (tertiary/aromatic N) is 1. The molecular formula is C12H17ClN2O2S. The van der Waals surface area contributed by atoms with E-state index in [4.69, 9.17) is 11.6 Å². The van der Waals surface area contributed by atoms with E-state index in [1.807, 2.05) is 18.2 Å². The number of alkyl halides is 1. The van der Waals surface area contributed by atoms with Gasteiger partial charge in [-0.05, 0) is 43.6 Å². The minimum absolute atomic E-state index is 0.427. The number of hydrogen-bond donors (Lipinski definition) is 1. The molecule has 1 aliphatic rings. The van der Waals surface area contributed by atoms with Crippen molar-refractivity contribution in [3.05, 3.63) is 29.8 Å². The zero-order valence-corrected chi connectivity index (χ0v) is 11.7. The van der Waals surface area contributed by atoms with Gasteiger partial charge in [0.05, 0.1) is 0 Å². The Morgan fingerprint density at radius 1 is 1.28 bits per heavy atom. The summed E-state index contributed by atoms with van der Waals surface area (Å²) in [5, 5.41) is -0.427. The van der Waals surface area contributed by atoms with Crippen molar-refractivity contribution in [2.75, 3.05) is 23.0 Å². The summed E-state index contributed by atoms with van der Waals surface area (Å²) in [5.41, 5.74) is 1.69. The summed E-state index contributed by atoms with van der Waals surface area (Å²) in [7, 11) is -3.41. The van der Waals surface area contributed by atoms with Crippen molar-refractivity contribution in [3.63, 3.8) is 0 Å². The zero-order chi connectivity index (χ0) is 13.0. The maximum absolute atomic E-state index is 11.4. The van der Waals surface area contributed by atoms with E-state index in [9.17, 15) is 8.42 Å². The molecule has 100 valence electrons. The van der Waals surface area contributed by atoms with Gasteiger partial charge in [0, 0.05) is 12.2 Å². The smallest absolute Gasteiger partial charge is 0.246 e. The summed E-state index contributed by atoms with van der Waals surface area (Å²) in [5.74, 6) is 0. The largest absolute Gasteiger partial charge is 0.299 e. The second-order valence-corrected chi connectivity index (χ2v) is 6.82. The van der Waals surface area contributed by atoms with E-state index in [2.05, 4.69) is 9.62 Å². The monoisotopic (exact) mass is 288 g/mol. The molecule has 4 nitrogen and oxygen atoms in total. The van der Waals surface area contributed by atoms with Crippen LogP contribution in [-0.2, 0) is 16.6 Å². The molecule has 6 heteroatoms. The van der Waals surface area contributed by atoms with Crippen LogP contribution in [0.4, 0.5) is 5.69 Å². The van der Waals surface area contributed by atoms with Crippen molar-refractivity contribution < 1.29 is 8.42 Å². The van der Waals surface area contributed by atoms with Crippen LogP contribution < -0.4 is 4.72 Å². The van der Waals surface area contributed by atoms with Crippen LogP contribution >= 0.6 is 11.6 Å². The number of nitrogens with one attached hydrogen (secondary N) is 1. The Kier molecular flexibility index (Phi) is 4.48. The highest BCUT2D eigenvalue weighted by Crippen LogP contribution is 2.17. The fourth-order valence-corrected chi connectivity index (χ4v) is 2.84. The standard InChI is InChI=1S/C12H17ClN2O2S/c13-10-18(16,17)14-12-5-3-4-11(8-12)9-15-6-1-2-7-15/h3-5,8,14H,1-2,6-7,9-10H2. The Labute approximate surface area is 113 Å². The molecule has 0 saturated carbocycles. The molecule has 18 heavy (non-hydrogen) atoms. The Hall–Kier alpha value is -0.780. The molecule has 1 heterocycles. The first-order valence-corrected chi connectivity index (χ1v) is 8.15. The molecule has 2 rings (SSSR count). The van der Waals surface area contributed by atoms with Gasteiger partial charge in [0.15, 0.2) is 0 Å². The molecule has 1 fully saturated rings.